The van der Waals surface area contributed by atoms with Gasteiger partial charge in [0, 0.05) is 17.7 Å². The summed E-state index contributed by atoms with van der Waals surface area (Å²) < 4.78 is 5.21. The normalized spacial score (nSPS) is 23.5. The summed E-state index contributed by atoms with van der Waals surface area (Å²) in [4.78, 5) is 13.9. The molecule has 2 heterocycles. The van der Waals surface area contributed by atoms with Crippen molar-refractivity contribution in [1.82, 2.24) is 4.90 Å². The van der Waals surface area contributed by atoms with Crippen molar-refractivity contribution in [2.75, 3.05) is 13.2 Å². The van der Waals surface area contributed by atoms with E-state index in [9.17, 15) is 9.90 Å². The number of hydrogen-bond acceptors (Lipinski definition) is 3. The van der Waals surface area contributed by atoms with Crippen molar-refractivity contribution in [3.63, 3.8) is 0 Å². The van der Waals surface area contributed by atoms with Crippen LogP contribution in [0.2, 0.25) is 0 Å². The van der Waals surface area contributed by atoms with Crippen molar-refractivity contribution in [3.05, 3.63) is 47.2 Å². The number of allylic oxidation sites excluding steroid dienone is 1. The first-order valence-electron chi connectivity index (χ1n) is 8.11. The average Bonchev–Trinajstić information content (AvgIpc) is 2.79. The number of rotatable bonds is 5. The Kier molecular flexibility index (Phi) is 4.48. The van der Waals surface area contributed by atoms with E-state index in [-0.39, 0.29) is 5.91 Å². The third-order valence-electron chi connectivity index (χ3n) is 4.50. The maximum Gasteiger partial charge on any atom is 0.256 e. The number of aliphatic hydroxyl groups is 1. The van der Waals surface area contributed by atoms with E-state index in [1.54, 1.807) is 11.2 Å². The Labute approximate surface area is 131 Å². The van der Waals surface area contributed by atoms with Gasteiger partial charge in [-0.2, -0.15) is 0 Å². The fourth-order valence-corrected chi connectivity index (χ4v) is 3.21. The molecule has 2 unspecified atom stereocenters. The zero-order valence-electron chi connectivity index (χ0n) is 13.0. The first-order valence-corrected chi connectivity index (χ1v) is 8.11. The lowest BCUT2D eigenvalue weighted by Gasteiger charge is -2.19. The maximum absolute atomic E-state index is 12.4. The van der Waals surface area contributed by atoms with Crippen LogP contribution in [0, 0.1) is 5.92 Å². The second-order valence-corrected chi connectivity index (χ2v) is 6.08. The third-order valence-corrected chi connectivity index (χ3v) is 4.50. The van der Waals surface area contributed by atoms with Gasteiger partial charge in [0.2, 0.25) is 0 Å². The first-order chi connectivity index (χ1) is 10.7. The zero-order chi connectivity index (χ0) is 15.5. The number of ether oxygens (including phenoxy) is 1. The van der Waals surface area contributed by atoms with E-state index in [1.807, 2.05) is 25.1 Å². The molecule has 118 valence electrons. The average molecular weight is 301 g/mol. The smallest absolute Gasteiger partial charge is 0.256 e. The quantitative estimate of drug-likeness (QED) is 0.909. The van der Waals surface area contributed by atoms with E-state index < -0.39 is 6.23 Å². The summed E-state index contributed by atoms with van der Waals surface area (Å²) in [7, 11) is 0. The van der Waals surface area contributed by atoms with Gasteiger partial charge in [-0.05, 0) is 49.3 Å². The summed E-state index contributed by atoms with van der Waals surface area (Å²) in [6, 6.07) is 5.90. The summed E-state index contributed by atoms with van der Waals surface area (Å²) in [6.07, 6.45) is 7.04. The van der Waals surface area contributed by atoms with Crippen LogP contribution in [0.5, 0.6) is 0 Å². The molecule has 1 aromatic carbocycles. The zero-order valence-corrected chi connectivity index (χ0v) is 13.0. The highest BCUT2D eigenvalue weighted by Crippen LogP contribution is 2.32. The molecule has 2 aliphatic heterocycles. The molecule has 1 amide bonds. The van der Waals surface area contributed by atoms with Gasteiger partial charge in [-0.1, -0.05) is 19.1 Å². The highest BCUT2D eigenvalue weighted by molar-refractivity contribution is 5.99. The summed E-state index contributed by atoms with van der Waals surface area (Å²) in [5.74, 6) is 0.511. The molecule has 0 saturated heterocycles. The minimum atomic E-state index is -0.782. The Morgan fingerprint density at radius 3 is 3.00 bits per heavy atom. The molecule has 2 atom stereocenters. The summed E-state index contributed by atoms with van der Waals surface area (Å²) in [6.45, 7) is 3.40. The van der Waals surface area contributed by atoms with Crippen LogP contribution >= 0.6 is 0 Å². The predicted octanol–water partition coefficient (Wildman–Crippen LogP) is 3.03. The number of nitrogens with zero attached hydrogens (tertiary/aromatic N) is 1. The summed E-state index contributed by atoms with van der Waals surface area (Å²) in [5, 5.41) is 10.2. The van der Waals surface area contributed by atoms with Crippen molar-refractivity contribution in [1.29, 1.82) is 0 Å². The fourth-order valence-electron chi connectivity index (χ4n) is 3.21. The van der Waals surface area contributed by atoms with Gasteiger partial charge >= 0.3 is 0 Å². The van der Waals surface area contributed by atoms with E-state index in [4.69, 9.17) is 4.74 Å². The van der Waals surface area contributed by atoms with Crippen molar-refractivity contribution < 1.29 is 14.6 Å². The second-order valence-electron chi connectivity index (χ2n) is 6.08. The predicted molar refractivity (Wildman–Crippen MR) is 84.2 cm³/mol. The van der Waals surface area contributed by atoms with E-state index in [1.165, 1.54) is 0 Å². The SMILES string of the molecule is CCCN1C(=O)c2cc(CCC3C=COCC3)ccc2C1O. The number of amides is 1. The van der Waals surface area contributed by atoms with Crippen molar-refractivity contribution in [2.24, 2.45) is 5.92 Å². The fraction of sp³-hybridized carbons (Fsp3) is 0.500. The van der Waals surface area contributed by atoms with Gasteiger partial charge in [0.25, 0.3) is 5.91 Å². The second kappa shape index (κ2) is 6.53. The largest absolute Gasteiger partial charge is 0.501 e. The minimum absolute atomic E-state index is 0.0443. The molecule has 1 N–H and O–H groups in total. The molecule has 0 bridgehead atoms. The van der Waals surface area contributed by atoms with Crippen LogP contribution in [0.3, 0.4) is 0 Å². The molecule has 3 rings (SSSR count). The number of benzene rings is 1. The molecule has 0 fully saturated rings. The van der Waals surface area contributed by atoms with Crippen LogP contribution in [-0.2, 0) is 11.2 Å². The van der Waals surface area contributed by atoms with Gasteiger partial charge in [-0.25, -0.2) is 0 Å². The number of aliphatic hydroxyl groups excluding tert-OH is 1. The lowest BCUT2D eigenvalue weighted by molar-refractivity contribution is 0.0177. The molecule has 0 aromatic heterocycles. The molecule has 1 aromatic rings. The number of fused-ring (bicyclic) bond motifs is 1. The highest BCUT2D eigenvalue weighted by atomic mass is 16.5. The van der Waals surface area contributed by atoms with Crippen molar-refractivity contribution in [3.8, 4) is 0 Å². The molecular weight excluding hydrogens is 278 g/mol. The first kappa shape index (κ1) is 15.1. The Bertz CT molecular complexity index is 582. The van der Waals surface area contributed by atoms with Crippen LogP contribution in [0.25, 0.3) is 0 Å². The monoisotopic (exact) mass is 301 g/mol. The van der Waals surface area contributed by atoms with Crippen LogP contribution in [0.4, 0.5) is 0 Å². The Morgan fingerprint density at radius 2 is 2.27 bits per heavy atom. The third kappa shape index (κ3) is 2.88. The van der Waals surface area contributed by atoms with Gasteiger partial charge in [-0.15, -0.1) is 0 Å². The molecule has 4 nitrogen and oxygen atoms in total. The van der Waals surface area contributed by atoms with E-state index in [0.717, 1.165) is 43.4 Å². The Morgan fingerprint density at radius 1 is 1.41 bits per heavy atom. The molecule has 0 saturated carbocycles. The van der Waals surface area contributed by atoms with E-state index in [0.29, 0.717) is 18.0 Å². The summed E-state index contributed by atoms with van der Waals surface area (Å²) >= 11 is 0. The summed E-state index contributed by atoms with van der Waals surface area (Å²) in [5.41, 5.74) is 2.58. The van der Waals surface area contributed by atoms with Crippen molar-refractivity contribution in [2.45, 2.75) is 38.8 Å². The Hall–Kier alpha value is -1.81. The standard InChI is InChI=1S/C18H23NO3/c1-2-9-19-17(20)15-6-5-14(12-16(15)18(19)21)4-3-13-7-10-22-11-8-13/h5-7,10,12-13,17,20H,2-4,8-9,11H2,1H3. The van der Waals surface area contributed by atoms with E-state index >= 15 is 0 Å². The minimum Gasteiger partial charge on any atom is -0.501 e. The van der Waals surface area contributed by atoms with Gasteiger partial charge < -0.3 is 14.7 Å². The van der Waals surface area contributed by atoms with Crippen LogP contribution in [0.1, 0.15) is 53.9 Å². The van der Waals surface area contributed by atoms with Gasteiger partial charge in [0.1, 0.15) is 0 Å². The molecule has 4 heteroatoms. The van der Waals surface area contributed by atoms with Crippen LogP contribution in [-0.4, -0.2) is 29.1 Å². The van der Waals surface area contributed by atoms with Gasteiger partial charge in [0.15, 0.2) is 6.23 Å². The lowest BCUT2D eigenvalue weighted by Crippen LogP contribution is -2.28. The number of aryl methyl sites for hydroxylation is 1. The molecular formula is C18H23NO3. The highest BCUT2D eigenvalue weighted by Gasteiger charge is 2.34. The number of carbonyl (C=O) groups excluding carboxylic acids is 1. The van der Waals surface area contributed by atoms with Crippen LogP contribution < -0.4 is 0 Å². The topological polar surface area (TPSA) is 49.8 Å². The maximum atomic E-state index is 12.4. The lowest BCUT2D eigenvalue weighted by atomic mass is 9.94. The molecule has 0 radical (unpaired) electrons. The van der Waals surface area contributed by atoms with Crippen LogP contribution in [0.15, 0.2) is 30.5 Å². The molecule has 0 spiro atoms. The number of carbonyl (C=O) groups is 1. The molecule has 2 aliphatic rings. The van der Waals surface area contributed by atoms with E-state index in [2.05, 4.69) is 6.08 Å². The van der Waals surface area contributed by atoms with Gasteiger partial charge in [0.05, 0.1) is 12.9 Å². The number of hydrogen-bond donors (Lipinski definition) is 1. The van der Waals surface area contributed by atoms with Gasteiger partial charge in [-0.3, -0.25) is 4.79 Å². The van der Waals surface area contributed by atoms with Crippen molar-refractivity contribution >= 4 is 5.91 Å². The molecule has 0 aliphatic carbocycles. The Balaban J connectivity index is 1.71. The molecule has 22 heavy (non-hydrogen) atoms.